The maximum Gasteiger partial charge on any atom is 0.237 e. The summed E-state index contributed by atoms with van der Waals surface area (Å²) in [4.78, 5) is 16.8. The number of nitrogens with zero attached hydrogens (tertiary/aromatic N) is 2. The third kappa shape index (κ3) is 3.69. The predicted molar refractivity (Wildman–Crippen MR) is 75.9 cm³/mol. The molecule has 2 aliphatic heterocycles. The van der Waals surface area contributed by atoms with Crippen LogP contribution >= 0.6 is 0 Å². The molecule has 0 saturated carbocycles. The molecule has 1 amide bonds. The maximum atomic E-state index is 12.5. The van der Waals surface area contributed by atoms with E-state index in [9.17, 15) is 9.90 Å². The lowest BCUT2D eigenvalue weighted by atomic mass is 9.96. The fraction of sp³-hybridized carbons (Fsp3) is 0.933. The minimum Gasteiger partial charge on any atom is -0.396 e. The Bertz CT molecular complexity index is 299. The van der Waals surface area contributed by atoms with Crippen molar-refractivity contribution < 1.29 is 9.90 Å². The van der Waals surface area contributed by atoms with Crippen molar-refractivity contribution in [3.05, 3.63) is 0 Å². The molecule has 3 atom stereocenters. The van der Waals surface area contributed by atoms with Crippen LogP contribution in [0.15, 0.2) is 0 Å². The lowest BCUT2D eigenvalue weighted by molar-refractivity contribution is -0.139. The molecule has 0 spiro atoms. The number of hydrogen-bond donors (Lipinski definition) is 1. The van der Waals surface area contributed by atoms with Crippen molar-refractivity contribution in [3.8, 4) is 0 Å². The van der Waals surface area contributed by atoms with Crippen molar-refractivity contribution in [1.82, 2.24) is 9.80 Å². The van der Waals surface area contributed by atoms with Crippen LogP contribution in [0.1, 0.15) is 46.0 Å². The van der Waals surface area contributed by atoms with Gasteiger partial charge in [-0.3, -0.25) is 9.69 Å². The highest BCUT2D eigenvalue weighted by atomic mass is 16.3. The van der Waals surface area contributed by atoms with Crippen LogP contribution in [0, 0.1) is 5.92 Å². The van der Waals surface area contributed by atoms with Crippen molar-refractivity contribution in [1.29, 1.82) is 0 Å². The van der Waals surface area contributed by atoms with Gasteiger partial charge in [-0.2, -0.15) is 0 Å². The average Bonchev–Trinajstić information content (AvgIpc) is 2.38. The quantitative estimate of drug-likeness (QED) is 0.843. The Morgan fingerprint density at radius 2 is 1.84 bits per heavy atom. The first-order chi connectivity index (χ1) is 9.11. The molecule has 2 heterocycles. The molecule has 2 rings (SSSR count). The third-order valence-electron chi connectivity index (χ3n) is 4.70. The molecule has 0 radical (unpaired) electrons. The van der Waals surface area contributed by atoms with Gasteiger partial charge in [0.05, 0.1) is 6.54 Å². The number of piperidine rings is 2. The first kappa shape index (κ1) is 14.8. The molecule has 3 unspecified atom stereocenters. The van der Waals surface area contributed by atoms with E-state index in [1.54, 1.807) is 0 Å². The van der Waals surface area contributed by atoms with E-state index in [1.165, 1.54) is 6.42 Å². The zero-order valence-electron chi connectivity index (χ0n) is 12.3. The molecular weight excluding hydrogens is 240 g/mol. The summed E-state index contributed by atoms with van der Waals surface area (Å²) >= 11 is 0. The summed E-state index contributed by atoms with van der Waals surface area (Å²) in [7, 11) is 0. The van der Waals surface area contributed by atoms with Crippen molar-refractivity contribution in [2.45, 2.75) is 58.0 Å². The number of carbonyl (C=O) groups excluding carboxylic acids is 1. The average molecular weight is 268 g/mol. The van der Waals surface area contributed by atoms with E-state index in [1.807, 2.05) is 0 Å². The highest BCUT2D eigenvalue weighted by Gasteiger charge is 2.30. The summed E-state index contributed by atoms with van der Waals surface area (Å²) in [6, 6.07) is 0.768. The fourth-order valence-electron chi connectivity index (χ4n) is 3.63. The van der Waals surface area contributed by atoms with Gasteiger partial charge in [-0.1, -0.05) is 0 Å². The second-order valence-corrected chi connectivity index (χ2v) is 6.36. The van der Waals surface area contributed by atoms with Gasteiger partial charge in [-0.15, -0.1) is 0 Å². The molecule has 0 aromatic rings. The number of likely N-dealkylation sites (tertiary alicyclic amines) is 2. The van der Waals surface area contributed by atoms with E-state index >= 15 is 0 Å². The molecule has 19 heavy (non-hydrogen) atoms. The Labute approximate surface area is 116 Å². The van der Waals surface area contributed by atoms with Crippen LogP contribution in [0.4, 0.5) is 0 Å². The largest absolute Gasteiger partial charge is 0.396 e. The Hall–Kier alpha value is -0.610. The van der Waals surface area contributed by atoms with E-state index in [0.717, 1.165) is 38.8 Å². The number of hydrogen-bond acceptors (Lipinski definition) is 3. The van der Waals surface area contributed by atoms with Gasteiger partial charge in [0.2, 0.25) is 5.91 Å². The van der Waals surface area contributed by atoms with Crippen molar-refractivity contribution in [2.24, 2.45) is 5.92 Å². The molecule has 110 valence electrons. The summed E-state index contributed by atoms with van der Waals surface area (Å²) in [5, 5.41) is 9.25. The fourth-order valence-corrected chi connectivity index (χ4v) is 3.63. The molecule has 0 aromatic heterocycles. The molecule has 1 N–H and O–H groups in total. The van der Waals surface area contributed by atoms with Gasteiger partial charge >= 0.3 is 0 Å². The first-order valence-corrected chi connectivity index (χ1v) is 7.76. The van der Waals surface area contributed by atoms with Crippen LogP contribution in [-0.2, 0) is 4.79 Å². The van der Waals surface area contributed by atoms with Gasteiger partial charge in [0, 0.05) is 25.2 Å². The van der Waals surface area contributed by atoms with Crippen LogP contribution in [0.3, 0.4) is 0 Å². The standard InChI is InChI=1S/C15H28N2O2/c1-12-5-3-6-13(2)17(12)15(19)10-16-8-4-7-14(9-16)11-18/h12-14,18H,3-11H2,1-2H3. The zero-order chi connectivity index (χ0) is 13.8. The number of amides is 1. The molecule has 2 aliphatic rings. The molecule has 2 saturated heterocycles. The minimum absolute atomic E-state index is 0.251. The molecule has 4 nitrogen and oxygen atoms in total. The lowest BCUT2D eigenvalue weighted by Crippen LogP contribution is -2.52. The minimum atomic E-state index is 0.251. The van der Waals surface area contributed by atoms with E-state index in [4.69, 9.17) is 0 Å². The lowest BCUT2D eigenvalue weighted by Gasteiger charge is -2.41. The number of aliphatic hydroxyl groups is 1. The zero-order valence-corrected chi connectivity index (χ0v) is 12.3. The summed E-state index contributed by atoms with van der Waals surface area (Å²) in [5.41, 5.74) is 0. The number of aliphatic hydroxyl groups excluding tert-OH is 1. The van der Waals surface area contributed by atoms with E-state index in [2.05, 4.69) is 23.6 Å². The van der Waals surface area contributed by atoms with Crippen molar-refractivity contribution >= 4 is 5.91 Å². The molecule has 0 bridgehead atoms. The van der Waals surface area contributed by atoms with E-state index < -0.39 is 0 Å². The number of carbonyl (C=O) groups is 1. The Morgan fingerprint density at radius 1 is 1.16 bits per heavy atom. The first-order valence-electron chi connectivity index (χ1n) is 7.76. The van der Waals surface area contributed by atoms with Crippen molar-refractivity contribution in [3.63, 3.8) is 0 Å². The van der Waals surface area contributed by atoms with Crippen LogP contribution < -0.4 is 0 Å². The summed E-state index contributed by atoms with van der Waals surface area (Å²) in [5.74, 6) is 0.635. The van der Waals surface area contributed by atoms with Crippen LogP contribution in [-0.4, -0.2) is 59.1 Å². The molecule has 0 aromatic carbocycles. The number of rotatable bonds is 3. The maximum absolute atomic E-state index is 12.5. The van der Waals surface area contributed by atoms with Gasteiger partial charge in [-0.05, 0) is 58.4 Å². The van der Waals surface area contributed by atoms with Gasteiger partial charge in [0.1, 0.15) is 0 Å². The van der Waals surface area contributed by atoms with Gasteiger partial charge in [-0.25, -0.2) is 0 Å². The van der Waals surface area contributed by atoms with E-state index in [0.29, 0.717) is 24.5 Å². The van der Waals surface area contributed by atoms with Crippen LogP contribution in [0.2, 0.25) is 0 Å². The Balaban J connectivity index is 1.89. The summed E-state index contributed by atoms with van der Waals surface area (Å²) < 4.78 is 0. The predicted octanol–water partition coefficient (Wildman–Crippen LogP) is 1.48. The highest BCUT2D eigenvalue weighted by molar-refractivity contribution is 5.79. The van der Waals surface area contributed by atoms with Gasteiger partial charge < -0.3 is 10.0 Å². The summed E-state index contributed by atoms with van der Waals surface area (Å²) in [6.07, 6.45) is 5.70. The Kier molecular flexibility index (Phi) is 5.22. The topological polar surface area (TPSA) is 43.8 Å². The summed E-state index contributed by atoms with van der Waals surface area (Å²) in [6.45, 7) is 6.99. The smallest absolute Gasteiger partial charge is 0.237 e. The van der Waals surface area contributed by atoms with Gasteiger partial charge in [0.15, 0.2) is 0 Å². The SMILES string of the molecule is CC1CCCC(C)N1C(=O)CN1CCCC(CO)C1. The van der Waals surface area contributed by atoms with E-state index in [-0.39, 0.29) is 12.5 Å². The molecule has 2 fully saturated rings. The highest BCUT2D eigenvalue weighted by Crippen LogP contribution is 2.23. The second kappa shape index (κ2) is 6.71. The third-order valence-corrected chi connectivity index (χ3v) is 4.70. The second-order valence-electron chi connectivity index (χ2n) is 6.36. The monoisotopic (exact) mass is 268 g/mol. The van der Waals surface area contributed by atoms with Gasteiger partial charge in [0.25, 0.3) is 0 Å². The molecule has 0 aliphatic carbocycles. The molecule has 4 heteroatoms. The van der Waals surface area contributed by atoms with Crippen LogP contribution in [0.5, 0.6) is 0 Å². The van der Waals surface area contributed by atoms with Crippen molar-refractivity contribution in [2.75, 3.05) is 26.2 Å². The van der Waals surface area contributed by atoms with Crippen LogP contribution in [0.25, 0.3) is 0 Å². The Morgan fingerprint density at radius 3 is 2.47 bits per heavy atom. The molecular formula is C15H28N2O2. The normalized spacial score (nSPS) is 33.4.